The van der Waals surface area contributed by atoms with Crippen LogP contribution in [0.5, 0.6) is 0 Å². The van der Waals surface area contributed by atoms with Gasteiger partial charge in [-0.1, -0.05) is 42.0 Å². The molecule has 4 rings (SSSR count). The molecule has 0 radical (unpaired) electrons. The van der Waals surface area contributed by atoms with Gasteiger partial charge in [-0.25, -0.2) is 4.90 Å². The summed E-state index contributed by atoms with van der Waals surface area (Å²) in [5.41, 5.74) is 4.77. The molecule has 0 spiro atoms. The molecule has 0 saturated carbocycles. The van der Waals surface area contributed by atoms with Gasteiger partial charge in [0, 0.05) is 13.1 Å². The van der Waals surface area contributed by atoms with E-state index in [1.165, 1.54) is 11.3 Å². The van der Waals surface area contributed by atoms with E-state index in [2.05, 4.69) is 11.0 Å². The van der Waals surface area contributed by atoms with E-state index in [9.17, 15) is 9.59 Å². The summed E-state index contributed by atoms with van der Waals surface area (Å²) in [5.74, 6) is -0.429. The predicted molar refractivity (Wildman–Crippen MR) is 107 cm³/mol. The molecule has 0 aliphatic carbocycles. The maximum absolute atomic E-state index is 13.4. The third kappa shape index (κ3) is 3.05. The number of anilines is 1. The number of rotatable bonds is 3. The fraction of sp³-hybridized carbons (Fsp3) is 0.304. The van der Waals surface area contributed by atoms with Crippen molar-refractivity contribution in [3.8, 4) is 0 Å². The molecule has 27 heavy (non-hydrogen) atoms. The van der Waals surface area contributed by atoms with Crippen molar-refractivity contribution < 1.29 is 9.59 Å². The molecule has 2 aromatic carbocycles. The average Bonchev–Trinajstić information content (AvgIpc) is 2.93. The summed E-state index contributed by atoms with van der Waals surface area (Å²) in [6.45, 7) is 5.69. The first-order valence-electron chi connectivity index (χ1n) is 9.58. The summed E-state index contributed by atoms with van der Waals surface area (Å²) < 4.78 is 0. The number of hydrogen-bond acceptors (Lipinski definition) is 3. The Labute approximate surface area is 160 Å². The van der Waals surface area contributed by atoms with Crippen LogP contribution in [0.3, 0.4) is 0 Å². The van der Waals surface area contributed by atoms with Gasteiger partial charge in [0.1, 0.15) is 5.70 Å². The van der Waals surface area contributed by atoms with Gasteiger partial charge < -0.3 is 4.90 Å². The molecule has 2 aliphatic heterocycles. The Balaban J connectivity index is 1.87. The van der Waals surface area contributed by atoms with E-state index in [0.717, 1.165) is 42.6 Å². The van der Waals surface area contributed by atoms with E-state index < -0.39 is 0 Å². The van der Waals surface area contributed by atoms with E-state index in [0.29, 0.717) is 17.0 Å². The topological polar surface area (TPSA) is 40.6 Å². The van der Waals surface area contributed by atoms with Gasteiger partial charge in [0.2, 0.25) is 0 Å². The largest absolute Gasteiger partial charge is 0.366 e. The van der Waals surface area contributed by atoms with E-state index in [1.807, 2.05) is 56.3 Å². The Morgan fingerprint density at radius 1 is 0.815 bits per heavy atom. The molecule has 1 saturated heterocycles. The normalized spacial score (nSPS) is 17.9. The first kappa shape index (κ1) is 17.5. The quantitative estimate of drug-likeness (QED) is 0.775. The van der Waals surface area contributed by atoms with Crippen LogP contribution in [0.15, 0.2) is 54.2 Å². The summed E-state index contributed by atoms with van der Waals surface area (Å²) in [6, 6.07) is 15.3. The van der Waals surface area contributed by atoms with Crippen LogP contribution >= 0.6 is 0 Å². The number of likely N-dealkylation sites (tertiary alicyclic amines) is 1. The van der Waals surface area contributed by atoms with E-state index in [-0.39, 0.29) is 11.8 Å². The first-order valence-corrected chi connectivity index (χ1v) is 9.58. The number of para-hydroxylation sites is 1. The Morgan fingerprint density at radius 3 is 2.19 bits per heavy atom. The third-order valence-electron chi connectivity index (χ3n) is 5.40. The zero-order valence-corrected chi connectivity index (χ0v) is 15.9. The zero-order valence-electron chi connectivity index (χ0n) is 15.9. The van der Waals surface area contributed by atoms with Crippen molar-refractivity contribution >= 4 is 23.1 Å². The standard InChI is InChI=1S/C23H24N2O2/c1-16-11-12-19(17(2)15-16)20-21(24-13-7-4-8-14-24)23(27)25(22(20)26)18-9-5-3-6-10-18/h3,5-6,9-12,15H,4,7-8,13-14H2,1-2H3. The van der Waals surface area contributed by atoms with Crippen LogP contribution < -0.4 is 4.90 Å². The summed E-state index contributed by atoms with van der Waals surface area (Å²) >= 11 is 0. The van der Waals surface area contributed by atoms with Crippen molar-refractivity contribution in [1.29, 1.82) is 0 Å². The minimum atomic E-state index is -0.223. The number of imide groups is 1. The number of nitrogens with zero attached hydrogens (tertiary/aromatic N) is 2. The SMILES string of the molecule is Cc1ccc(C2=C(N3CCCCC3)C(=O)N(c3ccccc3)C2=O)c(C)c1. The van der Waals surface area contributed by atoms with Crippen LogP contribution in [-0.4, -0.2) is 29.8 Å². The Hall–Kier alpha value is -2.88. The van der Waals surface area contributed by atoms with E-state index >= 15 is 0 Å². The lowest BCUT2D eigenvalue weighted by molar-refractivity contribution is -0.120. The Kier molecular flexibility index (Phi) is 4.56. The number of carbonyl (C=O) groups is 2. The summed E-state index contributed by atoms with van der Waals surface area (Å²) in [6.07, 6.45) is 3.28. The lowest BCUT2D eigenvalue weighted by atomic mass is 9.97. The lowest BCUT2D eigenvalue weighted by Crippen LogP contribution is -2.37. The first-order chi connectivity index (χ1) is 13.1. The monoisotopic (exact) mass is 360 g/mol. The molecule has 2 aromatic rings. The zero-order chi connectivity index (χ0) is 19.0. The second-order valence-corrected chi connectivity index (χ2v) is 7.37. The fourth-order valence-electron chi connectivity index (χ4n) is 4.08. The molecule has 2 amide bonds. The number of benzene rings is 2. The maximum atomic E-state index is 13.4. The van der Waals surface area contributed by atoms with Crippen molar-refractivity contribution in [1.82, 2.24) is 4.90 Å². The number of carbonyl (C=O) groups excluding carboxylic acids is 2. The van der Waals surface area contributed by atoms with Gasteiger partial charge in [0.05, 0.1) is 11.3 Å². The highest BCUT2D eigenvalue weighted by Crippen LogP contribution is 2.37. The van der Waals surface area contributed by atoms with Gasteiger partial charge >= 0.3 is 0 Å². The fourth-order valence-corrected chi connectivity index (χ4v) is 4.08. The van der Waals surface area contributed by atoms with Crippen molar-refractivity contribution in [2.24, 2.45) is 0 Å². The third-order valence-corrected chi connectivity index (χ3v) is 5.40. The van der Waals surface area contributed by atoms with Crippen molar-refractivity contribution in [3.63, 3.8) is 0 Å². The highest BCUT2D eigenvalue weighted by molar-refractivity contribution is 6.45. The molecule has 2 heterocycles. The molecular formula is C23H24N2O2. The van der Waals surface area contributed by atoms with Gasteiger partial charge in [0.25, 0.3) is 11.8 Å². The number of amides is 2. The minimum absolute atomic E-state index is 0.205. The Morgan fingerprint density at radius 2 is 1.52 bits per heavy atom. The molecule has 2 aliphatic rings. The second kappa shape index (κ2) is 7.03. The lowest BCUT2D eigenvalue weighted by Gasteiger charge is -2.29. The molecule has 0 unspecified atom stereocenters. The Bertz CT molecular complexity index is 925. The van der Waals surface area contributed by atoms with E-state index in [4.69, 9.17) is 0 Å². The molecule has 4 heteroatoms. The molecule has 0 bridgehead atoms. The second-order valence-electron chi connectivity index (χ2n) is 7.37. The van der Waals surface area contributed by atoms with Crippen LogP contribution in [0, 0.1) is 13.8 Å². The molecule has 0 aromatic heterocycles. The highest BCUT2D eigenvalue weighted by Gasteiger charge is 2.42. The summed E-state index contributed by atoms with van der Waals surface area (Å²) in [5, 5.41) is 0. The smallest absolute Gasteiger partial charge is 0.282 e. The van der Waals surface area contributed by atoms with E-state index in [1.54, 1.807) is 0 Å². The molecule has 1 fully saturated rings. The summed E-state index contributed by atoms with van der Waals surface area (Å²) in [7, 11) is 0. The summed E-state index contributed by atoms with van der Waals surface area (Å²) in [4.78, 5) is 30.3. The van der Waals surface area contributed by atoms with Crippen molar-refractivity contribution in [2.75, 3.05) is 18.0 Å². The van der Waals surface area contributed by atoms with Crippen molar-refractivity contribution in [2.45, 2.75) is 33.1 Å². The van der Waals surface area contributed by atoms with Gasteiger partial charge in [-0.05, 0) is 56.4 Å². The van der Waals surface area contributed by atoms with Crippen LogP contribution in [0.1, 0.15) is 36.0 Å². The minimum Gasteiger partial charge on any atom is -0.366 e. The molecule has 0 N–H and O–H groups in total. The van der Waals surface area contributed by atoms with Crippen LogP contribution in [0.25, 0.3) is 5.57 Å². The average molecular weight is 360 g/mol. The van der Waals surface area contributed by atoms with Gasteiger partial charge in [-0.2, -0.15) is 0 Å². The van der Waals surface area contributed by atoms with Crippen LogP contribution in [-0.2, 0) is 9.59 Å². The molecule has 0 atom stereocenters. The van der Waals surface area contributed by atoms with Crippen LogP contribution in [0.4, 0.5) is 5.69 Å². The van der Waals surface area contributed by atoms with Gasteiger partial charge in [-0.15, -0.1) is 0 Å². The number of aryl methyl sites for hydroxylation is 2. The molecular weight excluding hydrogens is 336 g/mol. The molecule has 4 nitrogen and oxygen atoms in total. The van der Waals surface area contributed by atoms with Crippen LogP contribution in [0.2, 0.25) is 0 Å². The van der Waals surface area contributed by atoms with Gasteiger partial charge in [0.15, 0.2) is 0 Å². The number of hydrogen-bond donors (Lipinski definition) is 0. The predicted octanol–water partition coefficient (Wildman–Crippen LogP) is 4.07. The van der Waals surface area contributed by atoms with Gasteiger partial charge in [-0.3, -0.25) is 9.59 Å². The molecule has 138 valence electrons. The van der Waals surface area contributed by atoms with Crippen molar-refractivity contribution in [3.05, 3.63) is 70.9 Å². The number of piperidine rings is 1. The highest BCUT2D eigenvalue weighted by atomic mass is 16.2. The maximum Gasteiger partial charge on any atom is 0.282 e.